The monoisotopic (exact) mass is 280 g/mol. The topological polar surface area (TPSA) is 55.8 Å². The fourth-order valence-electron chi connectivity index (χ4n) is 1.94. The molecule has 1 rings (SSSR count). The number of aliphatic hydroxyl groups is 1. The second-order valence-corrected chi connectivity index (χ2v) is 4.92. The Hall–Kier alpha value is -1.39. The van der Waals surface area contributed by atoms with E-state index in [0.717, 1.165) is 11.1 Å². The summed E-state index contributed by atoms with van der Waals surface area (Å²) in [4.78, 5) is 11.9. The van der Waals surface area contributed by atoms with Gasteiger partial charge in [0.15, 0.2) is 6.10 Å². The predicted molar refractivity (Wildman–Crippen MR) is 77.6 cm³/mol. The molecular weight excluding hydrogens is 256 g/mol. The fourth-order valence-corrected chi connectivity index (χ4v) is 1.94. The van der Waals surface area contributed by atoms with Crippen LogP contribution in [0.2, 0.25) is 0 Å². The zero-order valence-electron chi connectivity index (χ0n) is 12.5. The molecule has 0 fully saturated rings. The lowest BCUT2D eigenvalue weighted by Gasteiger charge is -2.19. The quantitative estimate of drug-likeness (QED) is 0.741. The van der Waals surface area contributed by atoms with Crippen molar-refractivity contribution in [1.82, 2.24) is 0 Å². The van der Waals surface area contributed by atoms with Crippen molar-refractivity contribution in [3.05, 3.63) is 35.4 Å². The largest absolute Gasteiger partial charge is 0.464 e. The predicted octanol–water partition coefficient (Wildman–Crippen LogP) is 2.12. The second-order valence-electron chi connectivity index (χ2n) is 4.92. The van der Waals surface area contributed by atoms with Crippen molar-refractivity contribution >= 4 is 5.97 Å². The van der Waals surface area contributed by atoms with Gasteiger partial charge in [-0.15, -0.1) is 0 Å². The van der Waals surface area contributed by atoms with E-state index in [9.17, 15) is 4.79 Å². The summed E-state index contributed by atoms with van der Waals surface area (Å²) < 4.78 is 10.7. The average Bonchev–Trinajstić information content (AvgIpc) is 2.40. The first-order chi connectivity index (χ1) is 9.56. The highest BCUT2D eigenvalue weighted by atomic mass is 16.6. The van der Waals surface area contributed by atoms with Crippen LogP contribution in [0.25, 0.3) is 0 Å². The van der Waals surface area contributed by atoms with Crippen molar-refractivity contribution in [3.63, 3.8) is 0 Å². The number of rotatable bonds is 8. The Morgan fingerprint density at radius 2 is 1.80 bits per heavy atom. The van der Waals surface area contributed by atoms with Crippen LogP contribution in [0, 0.1) is 0 Å². The smallest absolute Gasteiger partial charge is 0.335 e. The Morgan fingerprint density at radius 1 is 1.20 bits per heavy atom. The fraction of sp³-hybridized carbons (Fsp3) is 0.562. The molecule has 1 aromatic carbocycles. The zero-order chi connectivity index (χ0) is 15.0. The van der Waals surface area contributed by atoms with Crippen LogP contribution in [-0.4, -0.2) is 36.5 Å². The Balaban J connectivity index is 2.70. The van der Waals surface area contributed by atoms with Gasteiger partial charge >= 0.3 is 5.97 Å². The van der Waals surface area contributed by atoms with Crippen molar-refractivity contribution in [2.75, 3.05) is 13.2 Å². The first-order valence-corrected chi connectivity index (χ1v) is 7.07. The van der Waals surface area contributed by atoms with Crippen molar-refractivity contribution in [2.24, 2.45) is 0 Å². The highest BCUT2D eigenvalue weighted by molar-refractivity contribution is 5.75. The summed E-state index contributed by atoms with van der Waals surface area (Å²) in [5, 5.41) is 8.88. The summed E-state index contributed by atoms with van der Waals surface area (Å²) in [7, 11) is 0. The van der Waals surface area contributed by atoms with Gasteiger partial charge in [0.1, 0.15) is 0 Å². The van der Waals surface area contributed by atoms with Crippen LogP contribution in [0.4, 0.5) is 0 Å². The van der Waals surface area contributed by atoms with E-state index in [1.54, 1.807) is 6.92 Å². The molecule has 0 bridgehead atoms. The maximum Gasteiger partial charge on any atom is 0.335 e. The van der Waals surface area contributed by atoms with Crippen LogP contribution in [0.5, 0.6) is 0 Å². The molecule has 1 aromatic rings. The van der Waals surface area contributed by atoms with Gasteiger partial charge in [-0.3, -0.25) is 0 Å². The molecule has 0 amide bonds. The first-order valence-electron chi connectivity index (χ1n) is 7.07. The van der Waals surface area contributed by atoms with Gasteiger partial charge in [0.05, 0.1) is 12.7 Å². The van der Waals surface area contributed by atoms with E-state index < -0.39 is 6.10 Å². The third kappa shape index (κ3) is 5.72. The number of carbonyl (C=O) groups is 1. The Bertz CT molecular complexity index is 397. The molecule has 0 aliphatic carbocycles. The third-order valence-electron chi connectivity index (χ3n) is 2.83. The molecule has 1 N–H and O–H groups in total. The molecule has 1 unspecified atom stereocenters. The van der Waals surface area contributed by atoms with E-state index in [0.29, 0.717) is 19.4 Å². The third-order valence-corrected chi connectivity index (χ3v) is 2.83. The van der Waals surface area contributed by atoms with Gasteiger partial charge in [-0.1, -0.05) is 24.3 Å². The maximum atomic E-state index is 11.9. The average molecular weight is 280 g/mol. The summed E-state index contributed by atoms with van der Waals surface area (Å²) in [6.45, 7) is 6.08. The molecule has 0 heterocycles. The highest BCUT2D eigenvalue weighted by Gasteiger charge is 2.22. The van der Waals surface area contributed by atoms with Gasteiger partial charge in [-0.25, -0.2) is 4.79 Å². The van der Waals surface area contributed by atoms with Crippen LogP contribution in [0.3, 0.4) is 0 Å². The molecule has 20 heavy (non-hydrogen) atoms. The highest BCUT2D eigenvalue weighted by Crippen LogP contribution is 2.12. The Morgan fingerprint density at radius 3 is 2.30 bits per heavy atom. The minimum atomic E-state index is -0.571. The van der Waals surface area contributed by atoms with Gasteiger partial charge in [-0.2, -0.15) is 0 Å². The van der Waals surface area contributed by atoms with Crippen LogP contribution >= 0.6 is 0 Å². The molecule has 1 atom stereocenters. The lowest BCUT2D eigenvalue weighted by atomic mass is 10.0. The molecule has 0 saturated heterocycles. The molecule has 0 radical (unpaired) electrons. The van der Waals surface area contributed by atoms with E-state index >= 15 is 0 Å². The number of benzene rings is 1. The van der Waals surface area contributed by atoms with E-state index in [-0.39, 0.29) is 18.7 Å². The van der Waals surface area contributed by atoms with E-state index in [1.165, 1.54) is 0 Å². The van der Waals surface area contributed by atoms with Crippen molar-refractivity contribution in [3.8, 4) is 0 Å². The summed E-state index contributed by atoms with van der Waals surface area (Å²) in [6.07, 6.45) is 0.539. The first kappa shape index (κ1) is 16.7. The normalized spacial score (nSPS) is 12.4. The van der Waals surface area contributed by atoms with Gasteiger partial charge in [0.25, 0.3) is 0 Å². The molecule has 0 aliphatic heterocycles. The van der Waals surface area contributed by atoms with Crippen molar-refractivity contribution in [2.45, 2.75) is 45.8 Å². The van der Waals surface area contributed by atoms with Crippen LogP contribution in [-0.2, 0) is 27.1 Å². The SMILES string of the molecule is CCOC(=O)C(Cc1ccc(CCO)cc1)OC(C)C. The lowest BCUT2D eigenvalue weighted by molar-refractivity contribution is -0.159. The summed E-state index contributed by atoms with van der Waals surface area (Å²) in [5.41, 5.74) is 2.10. The maximum absolute atomic E-state index is 11.9. The van der Waals surface area contributed by atoms with E-state index in [4.69, 9.17) is 14.6 Å². The van der Waals surface area contributed by atoms with E-state index in [2.05, 4.69) is 0 Å². The Kier molecular flexibility index (Phi) is 7.26. The molecule has 0 aliphatic rings. The molecule has 0 saturated carbocycles. The molecule has 0 aromatic heterocycles. The Labute approximate surface area is 120 Å². The molecule has 4 heteroatoms. The number of hydrogen-bond acceptors (Lipinski definition) is 4. The van der Waals surface area contributed by atoms with Gasteiger partial charge in [0.2, 0.25) is 0 Å². The second kappa shape index (κ2) is 8.72. The number of ether oxygens (including phenoxy) is 2. The summed E-state index contributed by atoms with van der Waals surface area (Å²) in [5.74, 6) is -0.319. The number of aliphatic hydroxyl groups excluding tert-OH is 1. The molecular formula is C16H24O4. The number of esters is 1. The summed E-state index contributed by atoms with van der Waals surface area (Å²) in [6, 6.07) is 7.84. The van der Waals surface area contributed by atoms with Crippen molar-refractivity contribution in [1.29, 1.82) is 0 Å². The van der Waals surface area contributed by atoms with Crippen LogP contribution < -0.4 is 0 Å². The molecule has 112 valence electrons. The summed E-state index contributed by atoms with van der Waals surface area (Å²) >= 11 is 0. The number of hydrogen-bond donors (Lipinski definition) is 1. The van der Waals surface area contributed by atoms with Gasteiger partial charge in [-0.05, 0) is 38.3 Å². The number of carbonyl (C=O) groups excluding carboxylic acids is 1. The lowest BCUT2D eigenvalue weighted by Crippen LogP contribution is -2.31. The van der Waals surface area contributed by atoms with Crippen LogP contribution in [0.15, 0.2) is 24.3 Å². The van der Waals surface area contributed by atoms with Gasteiger partial charge < -0.3 is 14.6 Å². The van der Waals surface area contributed by atoms with E-state index in [1.807, 2.05) is 38.1 Å². The minimum absolute atomic E-state index is 0.0296. The van der Waals surface area contributed by atoms with Crippen molar-refractivity contribution < 1.29 is 19.4 Å². The van der Waals surface area contributed by atoms with Gasteiger partial charge in [0, 0.05) is 13.0 Å². The minimum Gasteiger partial charge on any atom is -0.464 e. The van der Waals surface area contributed by atoms with Crippen LogP contribution in [0.1, 0.15) is 31.9 Å². The molecule has 0 spiro atoms. The zero-order valence-corrected chi connectivity index (χ0v) is 12.5. The standard InChI is InChI=1S/C16H24O4/c1-4-19-16(18)15(20-12(2)3)11-14-7-5-13(6-8-14)9-10-17/h5-8,12,15,17H,4,9-11H2,1-3H3. The molecule has 4 nitrogen and oxygen atoms in total.